The van der Waals surface area contributed by atoms with E-state index in [-0.39, 0.29) is 0 Å². The van der Waals surface area contributed by atoms with Crippen LogP contribution < -0.4 is 10.6 Å². The Morgan fingerprint density at radius 3 is 1.94 bits per heavy atom. The molecule has 2 atom stereocenters. The molecule has 0 aromatic carbocycles. The lowest BCUT2D eigenvalue weighted by atomic mass is 9.92. The van der Waals surface area contributed by atoms with Gasteiger partial charge in [0.1, 0.15) is 0 Å². The number of nitrogens with one attached hydrogen (secondary N) is 2. The highest BCUT2D eigenvalue weighted by molar-refractivity contribution is 4.95. The average molecular weight is 252 g/mol. The fraction of sp³-hybridized carbons (Fsp3) is 1.00. The first-order valence-corrected chi connectivity index (χ1v) is 8.42. The minimum Gasteiger partial charge on any atom is -0.298 e. The standard InChI is InChI=1S/C16H32N2/c1-2-3-4-5-6-7-8-13-16-17-14-11-9-10-12-15(14)18-16/h14-18H,2-13H2,1H3. The predicted molar refractivity (Wildman–Crippen MR) is 78.7 cm³/mol. The predicted octanol–water partition coefficient (Wildman–Crippen LogP) is 3.96. The molecule has 18 heavy (non-hydrogen) atoms. The van der Waals surface area contributed by atoms with Gasteiger partial charge in [0.15, 0.2) is 0 Å². The van der Waals surface area contributed by atoms with E-state index < -0.39 is 0 Å². The molecule has 2 rings (SSSR count). The molecular formula is C16H32N2. The van der Waals surface area contributed by atoms with Gasteiger partial charge >= 0.3 is 0 Å². The largest absolute Gasteiger partial charge is 0.298 e. The van der Waals surface area contributed by atoms with Gasteiger partial charge in [0.05, 0.1) is 6.17 Å². The Morgan fingerprint density at radius 1 is 0.778 bits per heavy atom. The van der Waals surface area contributed by atoms with Crippen molar-refractivity contribution in [2.75, 3.05) is 0 Å². The number of hydrogen-bond donors (Lipinski definition) is 2. The van der Waals surface area contributed by atoms with E-state index in [4.69, 9.17) is 0 Å². The van der Waals surface area contributed by atoms with E-state index in [9.17, 15) is 0 Å². The van der Waals surface area contributed by atoms with Crippen LogP contribution in [-0.2, 0) is 0 Å². The third-order valence-corrected chi connectivity index (χ3v) is 4.69. The van der Waals surface area contributed by atoms with Gasteiger partial charge in [0, 0.05) is 12.1 Å². The Labute approximate surface area is 113 Å². The Bertz CT molecular complexity index is 203. The van der Waals surface area contributed by atoms with Crippen LogP contribution in [0.5, 0.6) is 0 Å². The Balaban J connectivity index is 1.47. The lowest BCUT2D eigenvalue weighted by Crippen LogP contribution is -2.36. The summed E-state index contributed by atoms with van der Waals surface area (Å²) in [6.45, 7) is 2.29. The molecule has 0 amide bonds. The molecule has 0 bridgehead atoms. The van der Waals surface area contributed by atoms with Crippen LogP contribution in [0.15, 0.2) is 0 Å². The third kappa shape index (κ3) is 4.55. The number of hydrogen-bond acceptors (Lipinski definition) is 2. The molecule has 2 nitrogen and oxygen atoms in total. The Hall–Kier alpha value is -0.0800. The van der Waals surface area contributed by atoms with Gasteiger partial charge in [-0.3, -0.25) is 10.6 Å². The summed E-state index contributed by atoms with van der Waals surface area (Å²) in [7, 11) is 0. The van der Waals surface area contributed by atoms with Crippen LogP contribution in [0.2, 0.25) is 0 Å². The van der Waals surface area contributed by atoms with Gasteiger partial charge in [0.25, 0.3) is 0 Å². The van der Waals surface area contributed by atoms with Crippen molar-refractivity contribution in [3.8, 4) is 0 Å². The maximum Gasteiger partial charge on any atom is 0.0576 e. The van der Waals surface area contributed by atoms with Crippen molar-refractivity contribution in [2.24, 2.45) is 0 Å². The monoisotopic (exact) mass is 252 g/mol. The minimum atomic E-state index is 0.619. The smallest absolute Gasteiger partial charge is 0.0576 e. The van der Waals surface area contributed by atoms with E-state index in [1.54, 1.807) is 0 Å². The maximum absolute atomic E-state index is 3.79. The normalized spacial score (nSPS) is 31.5. The number of rotatable bonds is 8. The summed E-state index contributed by atoms with van der Waals surface area (Å²) in [5, 5.41) is 7.59. The van der Waals surface area contributed by atoms with Crippen molar-refractivity contribution in [3.05, 3.63) is 0 Å². The van der Waals surface area contributed by atoms with Crippen LogP contribution in [0.3, 0.4) is 0 Å². The van der Waals surface area contributed by atoms with E-state index >= 15 is 0 Å². The summed E-state index contributed by atoms with van der Waals surface area (Å²) in [5.74, 6) is 0. The molecule has 2 heteroatoms. The Kier molecular flexibility index (Phi) is 6.50. The number of unbranched alkanes of at least 4 members (excludes halogenated alkanes) is 6. The first kappa shape index (κ1) is 14.3. The molecule has 0 aromatic rings. The second kappa shape index (κ2) is 8.16. The van der Waals surface area contributed by atoms with Gasteiger partial charge in [0.2, 0.25) is 0 Å². The summed E-state index contributed by atoms with van der Waals surface area (Å²) in [6, 6.07) is 1.57. The first-order chi connectivity index (χ1) is 8.90. The molecule has 2 aliphatic rings. The van der Waals surface area contributed by atoms with Crippen molar-refractivity contribution in [2.45, 2.75) is 102 Å². The van der Waals surface area contributed by atoms with Crippen molar-refractivity contribution in [1.82, 2.24) is 10.6 Å². The van der Waals surface area contributed by atoms with E-state index in [1.807, 2.05) is 0 Å². The fourth-order valence-corrected chi connectivity index (χ4v) is 3.57. The van der Waals surface area contributed by atoms with Crippen LogP contribution in [0, 0.1) is 0 Å². The van der Waals surface area contributed by atoms with Crippen LogP contribution in [-0.4, -0.2) is 18.2 Å². The van der Waals surface area contributed by atoms with Gasteiger partial charge in [-0.2, -0.15) is 0 Å². The van der Waals surface area contributed by atoms with Gasteiger partial charge in [-0.05, 0) is 19.3 Å². The molecule has 2 fully saturated rings. The van der Waals surface area contributed by atoms with Crippen LogP contribution in [0.4, 0.5) is 0 Å². The van der Waals surface area contributed by atoms with E-state index in [0.29, 0.717) is 6.17 Å². The molecule has 1 aliphatic carbocycles. The molecular weight excluding hydrogens is 220 g/mol. The van der Waals surface area contributed by atoms with Crippen molar-refractivity contribution in [1.29, 1.82) is 0 Å². The second-order valence-electron chi connectivity index (χ2n) is 6.29. The molecule has 2 unspecified atom stereocenters. The zero-order valence-electron chi connectivity index (χ0n) is 12.2. The highest BCUT2D eigenvalue weighted by Gasteiger charge is 2.33. The molecule has 0 spiro atoms. The first-order valence-electron chi connectivity index (χ1n) is 8.42. The molecule has 106 valence electrons. The highest BCUT2D eigenvalue weighted by atomic mass is 15.2. The van der Waals surface area contributed by atoms with Gasteiger partial charge in [-0.15, -0.1) is 0 Å². The van der Waals surface area contributed by atoms with Crippen LogP contribution in [0.1, 0.15) is 84.0 Å². The summed E-state index contributed by atoms with van der Waals surface area (Å²) < 4.78 is 0. The molecule has 1 saturated heterocycles. The lowest BCUT2D eigenvalue weighted by molar-refractivity contribution is 0.374. The van der Waals surface area contributed by atoms with Crippen LogP contribution >= 0.6 is 0 Å². The zero-order valence-corrected chi connectivity index (χ0v) is 12.2. The maximum atomic E-state index is 3.79. The van der Waals surface area contributed by atoms with Crippen LogP contribution in [0.25, 0.3) is 0 Å². The minimum absolute atomic E-state index is 0.619. The molecule has 2 N–H and O–H groups in total. The van der Waals surface area contributed by atoms with E-state index in [1.165, 1.54) is 77.0 Å². The van der Waals surface area contributed by atoms with Gasteiger partial charge in [-0.1, -0.05) is 64.7 Å². The average Bonchev–Trinajstić information content (AvgIpc) is 2.80. The molecule has 0 aromatic heterocycles. The quantitative estimate of drug-likeness (QED) is 0.639. The molecule has 0 radical (unpaired) electrons. The summed E-state index contributed by atoms with van der Waals surface area (Å²) >= 11 is 0. The summed E-state index contributed by atoms with van der Waals surface area (Å²) in [6.07, 6.45) is 17.6. The highest BCUT2D eigenvalue weighted by Crippen LogP contribution is 2.24. The van der Waals surface area contributed by atoms with E-state index in [2.05, 4.69) is 17.6 Å². The van der Waals surface area contributed by atoms with Crippen molar-refractivity contribution in [3.63, 3.8) is 0 Å². The van der Waals surface area contributed by atoms with Gasteiger partial charge in [-0.25, -0.2) is 0 Å². The van der Waals surface area contributed by atoms with E-state index in [0.717, 1.165) is 12.1 Å². The lowest BCUT2D eigenvalue weighted by Gasteiger charge is -2.23. The Morgan fingerprint density at radius 2 is 1.33 bits per heavy atom. The second-order valence-corrected chi connectivity index (χ2v) is 6.29. The fourth-order valence-electron chi connectivity index (χ4n) is 3.57. The molecule has 1 saturated carbocycles. The molecule has 1 aliphatic heterocycles. The molecule has 1 heterocycles. The topological polar surface area (TPSA) is 24.1 Å². The van der Waals surface area contributed by atoms with Crippen molar-refractivity contribution < 1.29 is 0 Å². The summed E-state index contributed by atoms with van der Waals surface area (Å²) in [4.78, 5) is 0. The SMILES string of the molecule is CCCCCCCCCC1NC2CCCCC2N1. The number of fused-ring (bicyclic) bond motifs is 1. The zero-order chi connectivity index (χ0) is 12.6. The third-order valence-electron chi connectivity index (χ3n) is 4.69. The van der Waals surface area contributed by atoms with Crippen molar-refractivity contribution >= 4 is 0 Å². The van der Waals surface area contributed by atoms with Gasteiger partial charge < -0.3 is 0 Å². The summed E-state index contributed by atoms with van der Waals surface area (Å²) in [5.41, 5.74) is 0.